The summed E-state index contributed by atoms with van der Waals surface area (Å²) in [6.07, 6.45) is 2.73. The molecule has 6 heteroatoms. The molecule has 0 saturated carbocycles. The summed E-state index contributed by atoms with van der Waals surface area (Å²) < 4.78 is 17.7. The van der Waals surface area contributed by atoms with Gasteiger partial charge in [0.2, 0.25) is 0 Å². The van der Waals surface area contributed by atoms with E-state index in [0.29, 0.717) is 5.56 Å². The number of aromatic nitrogens is 2. The van der Waals surface area contributed by atoms with Crippen molar-refractivity contribution in [2.75, 3.05) is 5.73 Å². The van der Waals surface area contributed by atoms with E-state index in [2.05, 4.69) is 9.97 Å². The van der Waals surface area contributed by atoms with Gasteiger partial charge in [-0.1, -0.05) is 12.1 Å². The van der Waals surface area contributed by atoms with E-state index in [1.165, 1.54) is 36.7 Å². The number of rotatable bonds is 3. The highest BCUT2D eigenvalue weighted by Gasteiger charge is 2.13. The number of hydrogen-bond donors (Lipinski definition) is 1. The predicted molar refractivity (Wildman–Crippen MR) is 62.0 cm³/mol. The third-order valence-electron chi connectivity index (χ3n) is 2.20. The van der Waals surface area contributed by atoms with Crippen LogP contribution in [0, 0.1) is 5.82 Å². The van der Waals surface area contributed by atoms with Crippen LogP contribution in [-0.2, 0) is 11.3 Å². The third-order valence-corrected chi connectivity index (χ3v) is 2.20. The van der Waals surface area contributed by atoms with E-state index in [0.717, 1.165) is 0 Å². The molecule has 0 fully saturated rings. The molecule has 0 aliphatic carbocycles. The number of ether oxygens (including phenoxy) is 1. The lowest BCUT2D eigenvalue weighted by Gasteiger charge is -2.05. The maximum absolute atomic E-state index is 12.7. The number of nitrogens with zero attached hydrogens (tertiary/aromatic N) is 2. The highest BCUT2D eigenvalue weighted by molar-refractivity contribution is 5.91. The van der Waals surface area contributed by atoms with Crippen LogP contribution >= 0.6 is 0 Å². The molecule has 0 spiro atoms. The Kier molecular flexibility index (Phi) is 3.47. The van der Waals surface area contributed by atoms with E-state index in [1.807, 2.05) is 0 Å². The lowest BCUT2D eigenvalue weighted by atomic mass is 10.2. The maximum Gasteiger partial charge on any atom is 0.361 e. The second kappa shape index (κ2) is 5.22. The molecule has 0 radical (unpaired) electrons. The molecule has 5 nitrogen and oxygen atoms in total. The van der Waals surface area contributed by atoms with Crippen molar-refractivity contribution < 1.29 is 13.9 Å². The first kappa shape index (κ1) is 12.0. The Labute approximate surface area is 102 Å². The van der Waals surface area contributed by atoms with Crippen LogP contribution in [0.25, 0.3) is 0 Å². The van der Waals surface area contributed by atoms with Gasteiger partial charge in [-0.15, -0.1) is 0 Å². The maximum atomic E-state index is 12.7. The number of nitrogen functional groups attached to an aromatic ring is 1. The fraction of sp³-hybridized carbons (Fsp3) is 0.0833. The monoisotopic (exact) mass is 247 g/mol. The van der Waals surface area contributed by atoms with Crippen molar-refractivity contribution in [3.63, 3.8) is 0 Å². The molecule has 0 amide bonds. The Morgan fingerprint density at radius 3 is 2.56 bits per heavy atom. The van der Waals surface area contributed by atoms with Gasteiger partial charge in [-0.2, -0.15) is 0 Å². The summed E-state index contributed by atoms with van der Waals surface area (Å²) in [4.78, 5) is 19.1. The minimum absolute atomic E-state index is 0.0154. The normalized spacial score (nSPS) is 10.1. The van der Waals surface area contributed by atoms with E-state index in [1.54, 1.807) is 0 Å². The molecular weight excluding hydrogens is 237 g/mol. The summed E-state index contributed by atoms with van der Waals surface area (Å²) in [6.45, 7) is 0.0229. The molecule has 92 valence electrons. The molecule has 0 aliphatic rings. The molecule has 0 aliphatic heterocycles. The largest absolute Gasteiger partial charge is 0.456 e. The molecule has 0 unspecified atom stereocenters. The van der Waals surface area contributed by atoms with Crippen molar-refractivity contribution in [2.24, 2.45) is 0 Å². The number of carbonyl (C=O) groups is 1. The van der Waals surface area contributed by atoms with Crippen molar-refractivity contribution in [1.82, 2.24) is 9.97 Å². The average molecular weight is 247 g/mol. The molecule has 2 N–H and O–H groups in total. The average Bonchev–Trinajstić information content (AvgIpc) is 2.38. The SMILES string of the molecule is Nc1nccnc1C(=O)OCc1ccc(F)cc1. The summed E-state index contributed by atoms with van der Waals surface area (Å²) in [5, 5.41) is 0. The molecule has 0 atom stereocenters. The summed E-state index contributed by atoms with van der Waals surface area (Å²) in [5.74, 6) is -0.991. The van der Waals surface area contributed by atoms with Crippen molar-refractivity contribution in [1.29, 1.82) is 0 Å². The number of hydrogen-bond acceptors (Lipinski definition) is 5. The molecule has 1 heterocycles. The minimum atomic E-state index is -0.662. The van der Waals surface area contributed by atoms with E-state index >= 15 is 0 Å². The molecule has 1 aromatic heterocycles. The van der Waals surface area contributed by atoms with Crippen LogP contribution in [0.2, 0.25) is 0 Å². The van der Waals surface area contributed by atoms with Crippen molar-refractivity contribution in [2.45, 2.75) is 6.61 Å². The molecule has 1 aromatic carbocycles. The zero-order valence-corrected chi connectivity index (χ0v) is 9.34. The zero-order chi connectivity index (χ0) is 13.0. The fourth-order valence-electron chi connectivity index (χ4n) is 1.30. The Bertz CT molecular complexity index is 558. The molecular formula is C12H10FN3O2. The van der Waals surface area contributed by atoms with Crippen molar-refractivity contribution in [3.8, 4) is 0 Å². The van der Waals surface area contributed by atoms with Gasteiger partial charge < -0.3 is 10.5 Å². The van der Waals surface area contributed by atoms with Crippen LogP contribution in [-0.4, -0.2) is 15.9 Å². The lowest BCUT2D eigenvalue weighted by molar-refractivity contribution is 0.0466. The van der Waals surface area contributed by atoms with Gasteiger partial charge in [0.05, 0.1) is 0 Å². The third kappa shape index (κ3) is 2.79. The van der Waals surface area contributed by atoms with Crippen LogP contribution in [0.4, 0.5) is 10.2 Å². The fourth-order valence-corrected chi connectivity index (χ4v) is 1.30. The number of anilines is 1. The molecule has 18 heavy (non-hydrogen) atoms. The Balaban J connectivity index is 2.01. The van der Waals surface area contributed by atoms with Crippen LogP contribution < -0.4 is 5.73 Å². The van der Waals surface area contributed by atoms with E-state index in [4.69, 9.17) is 10.5 Å². The highest BCUT2D eigenvalue weighted by Crippen LogP contribution is 2.08. The second-order valence-electron chi connectivity index (χ2n) is 3.49. The summed E-state index contributed by atoms with van der Waals surface area (Å²) >= 11 is 0. The summed E-state index contributed by atoms with van der Waals surface area (Å²) in [7, 11) is 0. The zero-order valence-electron chi connectivity index (χ0n) is 9.34. The number of esters is 1. The highest BCUT2D eigenvalue weighted by atomic mass is 19.1. The molecule has 2 rings (SSSR count). The van der Waals surface area contributed by atoms with Gasteiger partial charge in [0.1, 0.15) is 12.4 Å². The summed E-state index contributed by atoms with van der Waals surface area (Å²) in [5.41, 5.74) is 6.13. The lowest BCUT2D eigenvalue weighted by Crippen LogP contribution is -2.11. The number of nitrogens with two attached hydrogens (primary N) is 1. The number of benzene rings is 1. The second-order valence-corrected chi connectivity index (χ2v) is 3.49. The van der Waals surface area contributed by atoms with Gasteiger partial charge in [-0.3, -0.25) is 0 Å². The molecule has 2 aromatic rings. The van der Waals surface area contributed by atoms with E-state index in [-0.39, 0.29) is 23.9 Å². The topological polar surface area (TPSA) is 78.1 Å². The first-order valence-electron chi connectivity index (χ1n) is 5.15. The van der Waals surface area contributed by atoms with Gasteiger partial charge in [-0.05, 0) is 17.7 Å². The summed E-state index contributed by atoms with van der Waals surface area (Å²) in [6, 6.07) is 5.64. The van der Waals surface area contributed by atoms with Gasteiger partial charge in [0, 0.05) is 12.4 Å². The van der Waals surface area contributed by atoms with E-state index in [9.17, 15) is 9.18 Å². The first-order chi connectivity index (χ1) is 8.66. The predicted octanol–water partition coefficient (Wildman–Crippen LogP) is 1.55. The van der Waals surface area contributed by atoms with Crippen LogP contribution in [0.1, 0.15) is 16.1 Å². The van der Waals surface area contributed by atoms with E-state index < -0.39 is 5.97 Å². The van der Waals surface area contributed by atoms with Gasteiger partial charge in [0.25, 0.3) is 0 Å². The first-order valence-corrected chi connectivity index (χ1v) is 5.15. The van der Waals surface area contributed by atoms with Crippen LogP contribution in [0.5, 0.6) is 0 Å². The van der Waals surface area contributed by atoms with Crippen LogP contribution in [0.3, 0.4) is 0 Å². The van der Waals surface area contributed by atoms with Gasteiger partial charge in [-0.25, -0.2) is 19.2 Å². The van der Waals surface area contributed by atoms with Gasteiger partial charge in [0.15, 0.2) is 11.5 Å². The smallest absolute Gasteiger partial charge is 0.361 e. The Hall–Kier alpha value is -2.50. The quantitative estimate of drug-likeness (QED) is 0.832. The Morgan fingerprint density at radius 2 is 1.89 bits per heavy atom. The van der Waals surface area contributed by atoms with Crippen LogP contribution in [0.15, 0.2) is 36.7 Å². The van der Waals surface area contributed by atoms with Crippen molar-refractivity contribution in [3.05, 3.63) is 53.7 Å². The Morgan fingerprint density at radius 1 is 1.22 bits per heavy atom. The molecule has 0 bridgehead atoms. The van der Waals surface area contributed by atoms with Gasteiger partial charge >= 0.3 is 5.97 Å². The standard InChI is InChI=1S/C12H10FN3O2/c13-9-3-1-8(2-4-9)7-18-12(17)10-11(14)16-6-5-15-10/h1-6H,7H2,(H2,14,16). The molecule has 0 saturated heterocycles. The van der Waals surface area contributed by atoms with Crippen molar-refractivity contribution >= 4 is 11.8 Å². The minimum Gasteiger partial charge on any atom is -0.456 e. The number of carbonyl (C=O) groups excluding carboxylic acids is 1. The number of halogens is 1.